The number of nitrogens with zero attached hydrogens (tertiary/aromatic N) is 5. The van der Waals surface area contributed by atoms with E-state index in [9.17, 15) is 0 Å². The molecule has 0 unspecified atom stereocenters. The molecular weight excluding hydrogens is 370 g/mol. The van der Waals surface area contributed by atoms with Crippen molar-refractivity contribution in [2.75, 3.05) is 19.5 Å². The number of benzene rings is 1. The molecule has 0 amide bonds. The van der Waals surface area contributed by atoms with Gasteiger partial charge in [0.1, 0.15) is 0 Å². The van der Waals surface area contributed by atoms with E-state index in [-0.39, 0.29) is 0 Å². The number of hydrogen-bond acceptors (Lipinski definition) is 7. The van der Waals surface area contributed by atoms with Gasteiger partial charge in [-0.05, 0) is 18.2 Å². The fraction of sp³-hybridized carbons (Fsp3) is 0.100. The van der Waals surface area contributed by atoms with Gasteiger partial charge in [-0.25, -0.2) is 19.9 Å². The van der Waals surface area contributed by atoms with Crippen molar-refractivity contribution in [3.8, 4) is 22.8 Å². The third-order valence-corrected chi connectivity index (χ3v) is 4.59. The van der Waals surface area contributed by atoms with E-state index in [1.807, 2.05) is 41.1 Å². The predicted molar refractivity (Wildman–Crippen MR) is 109 cm³/mol. The number of nitrogens with one attached hydrogen (secondary N) is 2. The topological polar surface area (TPSA) is 102 Å². The smallest absolute Gasteiger partial charge is 0.180 e. The Morgan fingerprint density at radius 3 is 2.79 bits per heavy atom. The summed E-state index contributed by atoms with van der Waals surface area (Å²) in [5.74, 6) is 1.90. The van der Waals surface area contributed by atoms with E-state index in [0.717, 1.165) is 22.5 Å². The number of imidazole rings is 2. The number of fused-ring (bicyclic) bond motifs is 2. The van der Waals surface area contributed by atoms with Gasteiger partial charge in [-0.15, -0.1) is 0 Å². The monoisotopic (exact) mass is 387 g/mol. The Morgan fingerprint density at radius 1 is 1.03 bits per heavy atom. The van der Waals surface area contributed by atoms with Gasteiger partial charge >= 0.3 is 0 Å². The highest BCUT2D eigenvalue weighted by atomic mass is 16.5. The van der Waals surface area contributed by atoms with Crippen molar-refractivity contribution in [3.05, 3.63) is 55.4 Å². The number of pyridine rings is 1. The average molecular weight is 387 g/mol. The number of anilines is 2. The van der Waals surface area contributed by atoms with E-state index in [1.54, 1.807) is 32.9 Å². The minimum Gasteiger partial charge on any atom is -0.493 e. The standard InChI is InChI=1S/C20H17N7O2/c1-28-16-4-3-13(8-17(16)29-2)25-19-20-21-5-6-27(20)10-15(26-19)12-7-14-18(22-9-12)24-11-23-14/h3-11H,1-2H3,(H,25,26)(H,22,23,24). The Labute approximate surface area is 165 Å². The lowest BCUT2D eigenvalue weighted by atomic mass is 10.2. The molecule has 0 bridgehead atoms. The maximum atomic E-state index is 5.39. The molecule has 0 aliphatic heterocycles. The van der Waals surface area contributed by atoms with E-state index in [0.29, 0.717) is 28.6 Å². The first kappa shape index (κ1) is 17.0. The van der Waals surface area contributed by atoms with Gasteiger partial charge in [0.15, 0.2) is 28.6 Å². The molecule has 4 aromatic heterocycles. The van der Waals surface area contributed by atoms with Gasteiger partial charge in [0, 0.05) is 42.1 Å². The van der Waals surface area contributed by atoms with Crippen LogP contribution in [0.1, 0.15) is 0 Å². The summed E-state index contributed by atoms with van der Waals surface area (Å²) in [4.78, 5) is 20.8. The van der Waals surface area contributed by atoms with Crippen LogP contribution < -0.4 is 14.8 Å². The number of hydrogen-bond donors (Lipinski definition) is 2. The molecule has 5 rings (SSSR count). The minimum atomic E-state index is 0.615. The highest BCUT2D eigenvalue weighted by Crippen LogP contribution is 2.32. The first-order valence-electron chi connectivity index (χ1n) is 8.87. The Bertz CT molecular complexity index is 1330. The summed E-state index contributed by atoms with van der Waals surface area (Å²) < 4.78 is 12.6. The van der Waals surface area contributed by atoms with Crippen LogP contribution in [0.25, 0.3) is 28.1 Å². The van der Waals surface area contributed by atoms with Crippen LogP contribution in [0.5, 0.6) is 11.5 Å². The maximum Gasteiger partial charge on any atom is 0.180 e. The van der Waals surface area contributed by atoms with Crippen molar-refractivity contribution in [3.63, 3.8) is 0 Å². The molecule has 0 fully saturated rings. The summed E-state index contributed by atoms with van der Waals surface area (Å²) in [6, 6.07) is 7.56. The number of aromatic nitrogens is 6. The molecular formula is C20H17N7O2. The Morgan fingerprint density at radius 2 is 1.93 bits per heavy atom. The Balaban J connectivity index is 1.59. The van der Waals surface area contributed by atoms with Crippen LogP contribution in [0.2, 0.25) is 0 Å². The molecule has 4 heterocycles. The second kappa shape index (κ2) is 6.79. The second-order valence-electron chi connectivity index (χ2n) is 6.33. The number of methoxy groups -OCH3 is 2. The van der Waals surface area contributed by atoms with Gasteiger partial charge in [-0.2, -0.15) is 0 Å². The molecule has 0 aliphatic rings. The van der Waals surface area contributed by atoms with Gasteiger partial charge < -0.3 is 24.2 Å². The van der Waals surface area contributed by atoms with Crippen LogP contribution in [0.4, 0.5) is 11.5 Å². The first-order chi connectivity index (χ1) is 14.2. The molecule has 0 saturated heterocycles. The minimum absolute atomic E-state index is 0.615. The zero-order valence-electron chi connectivity index (χ0n) is 15.7. The van der Waals surface area contributed by atoms with E-state index in [2.05, 4.69) is 25.3 Å². The summed E-state index contributed by atoms with van der Waals surface area (Å²) in [5.41, 5.74) is 4.65. The summed E-state index contributed by atoms with van der Waals surface area (Å²) in [7, 11) is 3.21. The lowest BCUT2D eigenvalue weighted by Gasteiger charge is -2.12. The van der Waals surface area contributed by atoms with Gasteiger partial charge in [0.25, 0.3) is 0 Å². The molecule has 0 aliphatic carbocycles. The largest absolute Gasteiger partial charge is 0.493 e. The molecule has 144 valence electrons. The third-order valence-electron chi connectivity index (χ3n) is 4.59. The second-order valence-corrected chi connectivity index (χ2v) is 6.33. The van der Waals surface area contributed by atoms with Crippen LogP contribution in [-0.4, -0.2) is 43.5 Å². The van der Waals surface area contributed by atoms with Gasteiger partial charge in [0.2, 0.25) is 0 Å². The van der Waals surface area contributed by atoms with Crippen LogP contribution in [0.15, 0.2) is 55.4 Å². The van der Waals surface area contributed by atoms with Crippen LogP contribution in [0, 0.1) is 0 Å². The number of H-pyrrole nitrogens is 1. The van der Waals surface area contributed by atoms with Gasteiger partial charge in [-0.1, -0.05) is 0 Å². The molecule has 9 nitrogen and oxygen atoms in total. The molecule has 29 heavy (non-hydrogen) atoms. The fourth-order valence-corrected chi connectivity index (χ4v) is 3.18. The Kier molecular flexibility index (Phi) is 3.98. The van der Waals surface area contributed by atoms with Crippen molar-refractivity contribution in [2.24, 2.45) is 0 Å². The highest BCUT2D eigenvalue weighted by molar-refractivity contribution is 5.79. The molecule has 2 N–H and O–H groups in total. The van der Waals surface area contributed by atoms with Crippen LogP contribution >= 0.6 is 0 Å². The third kappa shape index (κ3) is 2.98. The van der Waals surface area contributed by atoms with Crippen molar-refractivity contribution in [1.29, 1.82) is 0 Å². The molecule has 1 aromatic carbocycles. The Hall–Kier alpha value is -4.14. The van der Waals surface area contributed by atoms with E-state index < -0.39 is 0 Å². The zero-order valence-corrected chi connectivity index (χ0v) is 15.7. The highest BCUT2D eigenvalue weighted by Gasteiger charge is 2.12. The quantitative estimate of drug-likeness (QED) is 0.476. The molecule has 9 heteroatoms. The molecule has 0 atom stereocenters. The zero-order chi connectivity index (χ0) is 19.8. The van der Waals surface area contributed by atoms with Crippen molar-refractivity contribution in [2.45, 2.75) is 0 Å². The van der Waals surface area contributed by atoms with Crippen LogP contribution in [0.3, 0.4) is 0 Å². The van der Waals surface area contributed by atoms with Gasteiger partial charge in [0.05, 0.1) is 31.8 Å². The molecule has 0 saturated carbocycles. The van der Waals surface area contributed by atoms with Crippen LogP contribution in [-0.2, 0) is 0 Å². The summed E-state index contributed by atoms with van der Waals surface area (Å²) in [5, 5.41) is 3.33. The normalized spacial score (nSPS) is 11.1. The average Bonchev–Trinajstić information content (AvgIpc) is 3.42. The van der Waals surface area contributed by atoms with Gasteiger partial charge in [-0.3, -0.25) is 0 Å². The summed E-state index contributed by atoms with van der Waals surface area (Å²) >= 11 is 0. The molecule has 0 spiro atoms. The number of ether oxygens (including phenoxy) is 2. The predicted octanol–water partition coefficient (Wildman–Crippen LogP) is 3.43. The lowest BCUT2D eigenvalue weighted by molar-refractivity contribution is 0.355. The SMILES string of the molecule is COc1ccc(Nc2nc(-c3cnc4nc[nH]c4c3)cn3ccnc23)cc1OC. The number of rotatable bonds is 5. The summed E-state index contributed by atoms with van der Waals surface area (Å²) in [6.07, 6.45) is 8.91. The lowest BCUT2D eigenvalue weighted by Crippen LogP contribution is -2.01. The van der Waals surface area contributed by atoms with Crippen molar-refractivity contribution < 1.29 is 9.47 Å². The summed E-state index contributed by atoms with van der Waals surface area (Å²) in [6.45, 7) is 0. The van der Waals surface area contributed by atoms with Crippen molar-refractivity contribution >= 4 is 28.3 Å². The van der Waals surface area contributed by atoms with E-state index in [1.165, 1.54) is 0 Å². The van der Waals surface area contributed by atoms with Crippen molar-refractivity contribution in [1.82, 2.24) is 29.3 Å². The molecule has 5 aromatic rings. The number of aromatic amines is 1. The maximum absolute atomic E-state index is 5.39. The van der Waals surface area contributed by atoms with E-state index >= 15 is 0 Å². The molecule has 0 radical (unpaired) electrons. The fourth-order valence-electron chi connectivity index (χ4n) is 3.18. The first-order valence-corrected chi connectivity index (χ1v) is 8.87. The van der Waals surface area contributed by atoms with E-state index in [4.69, 9.17) is 14.5 Å².